The van der Waals surface area contributed by atoms with Crippen LogP contribution in [0.5, 0.6) is 5.75 Å². The lowest BCUT2D eigenvalue weighted by Crippen LogP contribution is -2.49. The third kappa shape index (κ3) is 4.22. The van der Waals surface area contributed by atoms with E-state index in [1.807, 2.05) is 0 Å². The Labute approximate surface area is 159 Å². The summed E-state index contributed by atoms with van der Waals surface area (Å²) in [6.45, 7) is 9.73. The molecule has 0 saturated carbocycles. The van der Waals surface area contributed by atoms with Gasteiger partial charge in [-0.15, -0.1) is 0 Å². The quantitative estimate of drug-likeness (QED) is 0.557. The predicted octanol–water partition coefficient (Wildman–Crippen LogP) is 1.91. The molecule has 1 aromatic rings. The first-order valence-corrected chi connectivity index (χ1v) is 9.52. The van der Waals surface area contributed by atoms with Gasteiger partial charge >= 0.3 is 5.69 Å². The molecule has 0 radical (unpaired) electrons. The smallest absolute Gasteiger partial charge is 0.313 e. The molecule has 1 fully saturated rings. The van der Waals surface area contributed by atoms with Crippen molar-refractivity contribution in [3.8, 4) is 5.75 Å². The van der Waals surface area contributed by atoms with Crippen LogP contribution in [0.25, 0.3) is 0 Å². The minimum Gasteiger partial charge on any atom is -0.490 e. The van der Waals surface area contributed by atoms with Gasteiger partial charge in [-0.25, -0.2) is 0 Å². The molecule has 1 aromatic carbocycles. The molecule has 8 nitrogen and oxygen atoms in total. The summed E-state index contributed by atoms with van der Waals surface area (Å²) >= 11 is 0. The minimum absolute atomic E-state index is 0.0273. The number of methoxy groups -OCH3 is 1. The van der Waals surface area contributed by atoms with Crippen LogP contribution in [0, 0.1) is 10.1 Å². The molecule has 0 atom stereocenters. The third-order valence-electron chi connectivity index (χ3n) is 5.55. The molecule has 2 aliphatic rings. The molecule has 27 heavy (non-hydrogen) atoms. The summed E-state index contributed by atoms with van der Waals surface area (Å²) in [5.41, 5.74) is 1.48. The molecule has 1 amide bonds. The van der Waals surface area contributed by atoms with E-state index in [0.29, 0.717) is 31.1 Å². The summed E-state index contributed by atoms with van der Waals surface area (Å²) in [6.07, 6.45) is 1.13. The maximum Gasteiger partial charge on any atom is 0.313 e. The molecule has 8 heteroatoms. The summed E-state index contributed by atoms with van der Waals surface area (Å²) in [7, 11) is 1.42. The molecule has 3 rings (SSSR count). The van der Waals surface area contributed by atoms with E-state index in [4.69, 9.17) is 4.74 Å². The number of hydrogen-bond donors (Lipinski definition) is 0. The first-order chi connectivity index (χ1) is 12.9. The summed E-state index contributed by atoms with van der Waals surface area (Å²) < 4.78 is 5.12. The lowest BCUT2D eigenvalue weighted by molar-refractivity contribution is -0.385. The summed E-state index contributed by atoms with van der Waals surface area (Å²) in [5.74, 6) is 0.274. The number of piperazine rings is 1. The number of amides is 1. The first kappa shape index (κ1) is 19.6. The van der Waals surface area contributed by atoms with E-state index in [-0.39, 0.29) is 17.3 Å². The van der Waals surface area contributed by atoms with E-state index in [0.717, 1.165) is 38.3 Å². The Morgan fingerprint density at radius 1 is 1.22 bits per heavy atom. The van der Waals surface area contributed by atoms with Crippen molar-refractivity contribution < 1.29 is 14.5 Å². The number of rotatable bonds is 6. The molecule has 0 bridgehead atoms. The first-order valence-electron chi connectivity index (χ1n) is 9.52. The Kier molecular flexibility index (Phi) is 5.96. The highest BCUT2D eigenvalue weighted by molar-refractivity contribution is 5.96. The van der Waals surface area contributed by atoms with Crippen LogP contribution >= 0.6 is 0 Å². The van der Waals surface area contributed by atoms with Crippen LogP contribution in [0.4, 0.5) is 11.4 Å². The van der Waals surface area contributed by atoms with Crippen LogP contribution in [0.15, 0.2) is 12.1 Å². The molecule has 2 heterocycles. The van der Waals surface area contributed by atoms with Gasteiger partial charge in [0.15, 0.2) is 5.75 Å². The molecule has 1 saturated heterocycles. The Balaban J connectivity index is 1.61. The predicted molar refractivity (Wildman–Crippen MR) is 103 cm³/mol. The van der Waals surface area contributed by atoms with Crippen LogP contribution in [0.3, 0.4) is 0 Å². The molecule has 0 aromatic heterocycles. The SMILES string of the molecule is COc1cc2c(cc1[N+](=O)[O-])N(C(=O)CCN1CCN(C(C)C)CC1)CC2. The zero-order valence-corrected chi connectivity index (χ0v) is 16.3. The number of anilines is 1. The van der Waals surface area contributed by atoms with Crippen molar-refractivity contribution in [2.24, 2.45) is 0 Å². The van der Waals surface area contributed by atoms with Crippen molar-refractivity contribution in [1.82, 2.24) is 9.80 Å². The number of nitrogens with zero attached hydrogens (tertiary/aromatic N) is 4. The van der Waals surface area contributed by atoms with Gasteiger partial charge in [0.2, 0.25) is 5.91 Å². The fourth-order valence-electron chi connectivity index (χ4n) is 3.86. The van der Waals surface area contributed by atoms with Crippen LogP contribution in [-0.4, -0.2) is 73.1 Å². The molecule has 0 aliphatic carbocycles. The van der Waals surface area contributed by atoms with Gasteiger partial charge in [0.1, 0.15) is 0 Å². The van der Waals surface area contributed by atoms with E-state index < -0.39 is 4.92 Å². The molecule has 148 valence electrons. The van der Waals surface area contributed by atoms with Crippen LogP contribution < -0.4 is 9.64 Å². The molecule has 0 N–H and O–H groups in total. The largest absolute Gasteiger partial charge is 0.490 e. The summed E-state index contributed by atoms with van der Waals surface area (Å²) in [4.78, 5) is 30.0. The molecule has 0 unspecified atom stereocenters. The normalized spacial score (nSPS) is 18.0. The van der Waals surface area contributed by atoms with Crippen molar-refractivity contribution in [3.05, 3.63) is 27.8 Å². The fraction of sp³-hybridized carbons (Fsp3) is 0.632. The van der Waals surface area contributed by atoms with E-state index in [9.17, 15) is 14.9 Å². The number of carbonyl (C=O) groups is 1. The number of fused-ring (bicyclic) bond motifs is 1. The lowest BCUT2D eigenvalue weighted by atomic mass is 10.1. The van der Waals surface area contributed by atoms with Gasteiger partial charge in [-0.1, -0.05) is 0 Å². The molecular formula is C19H28N4O4. The monoisotopic (exact) mass is 376 g/mol. The highest BCUT2D eigenvalue weighted by atomic mass is 16.6. The number of nitro groups is 1. The van der Waals surface area contributed by atoms with Crippen LogP contribution in [0.2, 0.25) is 0 Å². The van der Waals surface area contributed by atoms with Crippen molar-refractivity contribution in [1.29, 1.82) is 0 Å². The van der Waals surface area contributed by atoms with Crippen LogP contribution in [0.1, 0.15) is 25.8 Å². The minimum atomic E-state index is -0.464. The van der Waals surface area contributed by atoms with Gasteiger partial charge in [-0.05, 0) is 31.9 Å². The van der Waals surface area contributed by atoms with E-state index in [1.54, 1.807) is 11.0 Å². The molecule has 2 aliphatic heterocycles. The van der Waals surface area contributed by atoms with Gasteiger partial charge in [-0.2, -0.15) is 0 Å². The standard InChI is InChI=1S/C19H28N4O4/c1-14(2)21-10-8-20(9-11-21)6-5-19(24)22-7-4-15-12-18(27-3)17(23(25)26)13-16(15)22/h12-14H,4-11H2,1-3H3. The Bertz CT molecular complexity index is 714. The number of ether oxygens (including phenoxy) is 1. The highest BCUT2D eigenvalue weighted by Crippen LogP contribution is 2.38. The average molecular weight is 376 g/mol. The van der Waals surface area contributed by atoms with Gasteiger partial charge in [0.05, 0.1) is 17.7 Å². The second-order valence-electron chi connectivity index (χ2n) is 7.43. The fourth-order valence-corrected chi connectivity index (χ4v) is 3.86. The molecular weight excluding hydrogens is 348 g/mol. The Hall–Kier alpha value is -2.19. The zero-order chi connectivity index (χ0) is 19.6. The highest BCUT2D eigenvalue weighted by Gasteiger charge is 2.30. The van der Waals surface area contributed by atoms with Crippen LogP contribution in [-0.2, 0) is 11.2 Å². The number of hydrogen-bond acceptors (Lipinski definition) is 6. The maximum atomic E-state index is 12.7. The lowest BCUT2D eigenvalue weighted by Gasteiger charge is -2.37. The van der Waals surface area contributed by atoms with Gasteiger partial charge in [-0.3, -0.25) is 19.8 Å². The summed E-state index contributed by atoms with van der Waals surface area (Å²) in [6, 6.07) is 3.72. The second kappa shape index (κ2) is 8.22. The van der Waals surface area contributed by atoms with Crippen molar-refractivity contribution >= 4 is 17.3 Å². The van der Waals surface area contributed by atoms with E-state index in [1.165, 1.54) is 13.2 Å². The third-order valence-corrected chi connectivity index (χ3v) is 5.55. The number of nitro benzene ring substituents is 1. The van der Waals surface area contributed by atoms with Gasteiger partial charge in [0.25, 0.3) is 0 Å². The van der Waals surface area contributed by atoms with Crippen molar-refractivity contribution in [2.45, 2.75) is 32.7 Å². The maximum absolute atomic E-state index is 12.7. The van der Waals surface area contributed by atoms with Crippen molar-refractivity contribution in [2.75, 3.05) is 51.3 Å². The van der Waals surface area contributed by atoms with Crippen molar-refractivity contribution in [3.63, 3.8) is 0 Å². The number of carbonyl (C=O) groups excluding carboxylic acids is 1. The average Bonchev–Trinajstić information content (AvgIpc) is 3.08. The van der Waals surface area contributed by atoms with Gasteiger partial charge < -0.3 is 14.5 Å². The molecule has 0 spiro atoms. The Morgan fingerprint density at radius 3 is 2.52 bits per heavy atom. The van der Waals surface area contributed by atoms with E-state index >= 15 is 0 Å². The van der Waals surface area contributed by atoms with Gasteiger partial charge in [0, 0.05) is 57.8 Å². The summed E-state index contributed by atoms with van der Waals surface area (Å²) in [5, 5.41) is 11.3. The topological polar surface area (TPSA) is 79.2 Å². The van der Waals surface area contributed by atoms with E-state index in [2.05, 4.69) is 23.6 Å². The zero-order valence-electron chi connectivity index (χ0n) is 16.3. The number of benzene rings is 1. The second-order valence-corrected chi connectivity index (χ2v) is 7.43. The Morgan fingerprint density at radius 2 is 1.93 bits per heavy atom.